The summed E-state index contributed by atoms with van der Waals surface area (Å²) >= 11 is 0. The van der Waals surface area contributed by atoms with Crippen LogP contribution in [0.3, 0.4) is 0 Å². The van der Waals surface area contributed by atoms with Gasteiger partial charge in [0, 0.05) is 6.42 Å². The second-order valence-corrected chi connectivity index (χ2v) is 9.62. The highest BCUT2D eigenvalue weighted by Gasteiger charge is 2.27. The molecular weight excluding hydrogens is 328 g/mol. The van der Waals surface area contributed by atoms with E-state index >= 15 is 0 Å². The summed E-state index contributed by atoms with van der Waals surface area (Å²) in [6.07, 6.45) is 2.38. The highest BCUT2D eigenvalue weighted by molar-refractivity contribution is 6.95. The molecule has 0 aliphatic heterocycles. The maximum Gasteiger partial charge on any atom is 0.133 e. The molecule has 0 unspecified atom stereocenters. The third-order valence-corrected chi connectivity index (χ3v) is 8.50. The van der Waals surface area contributed by atoms with Crippen LogP contribution in [0.25, 0.3) is 11.1 Å². The van der Waals surface area contributed by atoms with Crippen molar-refractivity contribution >= 4 is 24.4 Å². The zero-order valence-electron chi connectivity index (χ0n) is 14.5. The first-order valence-electron chi connectivity index (χ1n) is 9.09. The van der Waals surface area contributed by atoms with Crippen molar-refractivity contribution in [3.8, 4) is 11.1 Å². The Bertz CT molecular complexity index is 1010. The van der Waals surface area contributed by atoms with Gasteiger partial charge in [-0.25, -0.2) is 0 Å². The van der Waals surface area contributed by atoms with Crippen molar-refractivity contribution in [1.29, 1.82) is 0 Å². The molecule has 1 heteroatoms. The largest absolute Gasteiger partial charge is 0.133 e. The average Bonchev–Trinajstić information content (AvgIpc) is 3.10. The molecule has 0 aromatic heterocycles. The van der Waals surface area contributed by atoms with Crippen molar-refractivity contribution in [3.05, 3.63) is 121 Å². The van der Waals surface area contributed by atoms with Gasteiger partial charge in [-0.3, -0.25) is 0 Å². The molecule has 0 atom stereocenters. The molecule has 26 heavy (non-hydrogen) atoms. The maximum atomic E-state index is 2.38. The highest BCUT2D eigenvalue weighted by Crippen LogP contribution is 2.36. The Kier molecular flexibility index (Phi) is 3.80. The number of hydrogen-bond donors (Lipinski definition) is 0. The van der Waals surface area contributed by atoms with E-state index in [4.69, 9.17) is 0 Å². The molecule has 123 valence electrons. The van der Waals surface area contributed by atoms with E-state index in [0.717, 1.165) is 0 Å². The van der Waals surface area contributed by atoms with Gasteiger partial charge in [0.1, 0.15) is 8.80 Å². The molecule has 4 aromatic rings. The molecule has 1 aliphatic carbocycles. The van der Waals surface area contributed by atoms with Crippen LogP contribution in [0.5, 0.6) is 0 Å². The van der Waals surface area contributed by atoms with Gasteiger partial charge in [0.15, 0.2) is 0 Å². The summed E-state index contributed by atoms with van der Waals surface area (Å²) < 4.78 is 0. The Balaban J connectivity index is 1.72. The van der Waals surface area contributed by atoms with Crippen LogP contribution in [-0.2, 0) is 0 Å². The topological polar surface area (TPSA) is 0 Å². The fourth-order valence-corrected chi connectivity index (χ4v) is 7.27. The first-order chi connectivity index (χ1) is 12.9. The summed E-state index contributed by atoms with van der Waals surface area (Å²) in [5.41, 5.74) is 5.49. The summed E-state index contributed by atoms with van der Waals surface area (Å²) in [6, 6.07) is 37.6. The Hall–Kier alpha value is -2.90. The zero-order valence-corrected chi connectivity index (χ0v) is 15.6. The zero-order chi connectivity index (χ0) is 17.3. The van der Waals surface area contributed by atoms with Crippen LogP contribution in [0.4, 0.5) is 0 Å². The van der Waals surface area contributed by atoms with Crippen LogP contribution in [0.1, 0.15) is 11.1 Å². The van der Waals surface area contributed by atoms with Gasteiger partial charge in [-0.1, -0.05) is 114 Å². The molecule has 5 rings (SSSR count). The van der Waals surface area contributed by atoms with Gasteiger partial charge in [0.25, 0.3) is 0 Å². The Morgan fingerprint density at radius 1 is 0.462 bits per heavy atom. The van der Waals surface area contributed by atoms with Crippen molar-refractivity contribution in [2.24, 2.45) is 0 Å². The van der Waals surface area contributed by atoms with E-state index < -0.39 is 8.80 Å². The van der Waals surface area contributed by atoms with Crippen LogP contribution >= 0.6 is 0 Å². The van der Waals surface area contributed by atoms with Crippen molar-refractivity contribution in [2.45, 2.75) is 0 Å². The second-order valence-electron chi connectivity index (χ2n) is 6.79. The molecule has 0 amide bonds. The average molecular weight is 348 g/mol. The lowest BCUT2D eigenvalue weighted by Gasteiger charge is -2.20. The van der Waals surface area contributed by atoms with E-state index in [1.165, 1.54) is 37.8 Å². The predicted octanol–water partition coefficient (Wildman–Crippen LogP) is 3.52. The lowest BCUT2D eigenvalue weighted by Crippen LogP contribution is -2.53. The Labute approximate surface area is 156 Å². The molecule has 0 bridgehead atoms. The maximum absolute atomic E-state index is 2.38. The quantitative estimate of drug-likeness (QED) is 0.346. The van der Waals surface area contributed by atoms with Gasteiger partial charge in [0.2, 0.25) is 0 Å². The summed E-state index contributed by atoms with van der Waals surface area (Å²) in [5, 5.41) is 4.45. The summed E-state index contributed by atoms with van der Waals surface area (Å²) in [5.74, 6) is 0. The van der Waals surface area contributed by atoms with E-state index in [2.05, 4.69) is 110 Å². The van der Waals surface area contributed by atoms with Gasteiger partial charge in [-0.2, -0.15) is 0 Å². The van der Waals surface area contributed by atoms with E-state index in [9.17, 15) is 0 Å². The third kappa shape index (κ3) is 2.52. The second kappa shape index (κ2) is 6.43. The SMILES string of the molecule is [CH]1c2ccccc2-c2cccc([SiH](c3ccccc3)c3ccccc3)c21. The van der Waals surface area contributed by atoms with Crippen LogP contribution in [0.2, 0.25) is 0 Å². The smallest absolute Gasteiger partial charge is 0.0625 e. The Morgan fingerprint density at radius 2 is 1.04 bits per heavy atom. The minimum Gasteiger partial charge on any atom is -0.0625 e. The first kappa shape index (κ1) is 15.4. The van der Waals surface area contributed by atoms with Crippen molar-refractivity contribution in [3.63, 3.8) is 0 Å². The van der Waals surface area contributed by atoms with Gasteiger partial charge in [-0.15, -0.1) is 0 Å². The van der Waals surface area contributed by atoms with Crippen molar-refractivity contribution < 1.29 is 0 Å². The van der Waals surface area contributed by atoms with E-state index in [1.54, 1.807) is 0 Å². The predicted molar refractivity (Wildman–Crippen MR) is 113 cm³/mol. The fourth-order valence-electron chi connectivity index (χ4n) is 4.10. The summed E-state index contributed by atoms with van der Waals surface area (Å²) in [6.45, 7) is 0. The number of hydrogen-bond acceptors (Lipinski definition) is 0. The van der Waals surface area contributed by atoms with Gasteiger partial charge < -0.3 is 0 Å². The number of benzene rings is 4. The molecule has 0 nitrogen and oxygen atoms in total. The minimum absolute atomic E-state index is 1.34. The number of fused-ring (bicyclic) bond motifs is 3. The molecule has 4 aromatic carbocycles. The third-order valence-electron chi connectivity index (χ3n) is 5.27. The summed E-state index contributed by atoms with van der Waals surface area (Å²) in [7, 11) is -1.52. The van der Waals surface area contributed by atoms with Crippen molar-refractivity contribution in [1.82, 2.24) is 0 Å². The van der Waals surface area contributed by atoms with Crippen molar-refractivity contribution in [2.75, 3.05) is 0 Å². The monoisotopic (exact) mass is 347 g/mol. The highest BCUT2D eigenvalue weighted by atomic mass is 28.3. The van der Waals surface area contributed by atoms with Crippen LogP contribution < -0.4 is 15.6 Å². The van der Waals surface area contributed by atoms with Gasteiger partial charge in [-0.05, 0) is 27.4 Å². The lowest BCUT2D eigenvalue weighted by molar-refractivity contribution is 1.56. The standard InChI is InChI=1S/C25H19Si/c1-3-11-20(12-4-1)26(21-13-5-2-6-14-21)25-17-9-16-23-22-15-8-7-10-19(22)18-24(23)25/h1-18,26H. The molecular formula is C25H19Si. The molecule has 0 heterocycles. The normalized spacial score (nSPS) is 12.0. The molecule has 0 saturated heterocycles. The van der Waals surface area contributed by atoms with Crippen LogP contribution in [-0.4, -0.2) is 8.80 Å². The fraction of sp³-hybridized carbons (Fsp3) is 0. The lowest BCUT2D eigenvalue weighted by atomic mass is 10.1. The van der Waals surface area contributed by atoms with Crippen LogP contribution in [0, 0.1) is 6.42 Å². The number of rotatable bonds is 3. The van der Waals surface area contributed by atoms with Gasteiger partial charge >= 0.3 is 0 Å². The molecule has 0 fully saturated rings. The molecule has 0 spiro atoms. The van der Waals surface area contributed by atoms with Gasteiger partial charge in [0.05, 0.1) is 0 Å². The van der Waals surface area contributed by atoms with E-state index in [-0.39, 0.29) is 0 Å². The molecule has 0 saturated carbocycles. The summed E-state index contributed by atoms with van der Waals surface area (Å²) in [4.78, 5) is 0. The van der Waals surface area contributed by atoms with E-state index in [0.29, 0.717) is 0 Å². The Morgan fingerprint density at radius 3 is 1.73 bits per heavy atom. The molecule has 1 radical (unpaired) electrons. The van der Waals surface area contributed by atoms with Crippen LogP contribution in [0.15, 0.2) is 103 Å². The molecule has 0 N–H and O–H groups in total. The first-order valence-corrected chi connectivity index (χ1v) is 10.8. The molecule has 1 aliphatic rings. The minimum atomic E-state index is -1.52. The van der Waals surface area contributed by atoms with E-state index in [1.807, 2.05) is 0 Å².